The minimum absolute atomic E-state index is 0.355. The van der Waals surface area contributed by atoms with Crippen molar-refractivity contribution in [3.63, 3.8) is 0 Å². The molecule has 2 atom stereocenters. The predicted molar refractivity (Wildman–Crippen MR) is 35.1 cm³/mol. The van der Waals surface area contributed by atoms with E-state index in [-0.39, 0.29) is 6.42 Å². The van der Waals surface area contributed by atoms with Gasteiger partial charge in [0.15, 0.2) is 6.10 Å². The molecule has 0 saturated carbocycles. The molecule has 62 valence electrons. The third kappa shape index (κ3) is 4.00. The summed E-state index contributed by atoms with van der Waals surface area (Å²) in [7, 11) is 0. The molecular weight excluding hydrogens is 165 g/mol. The first kappa shape index (κ1) is 10.1. The molecule has 1 N–H and O–H groups in total. The highest BCUT2D eigenvalue weighted by Gasteiger charge is 2.38. The SMILES string of the molecule is CC(S)C[C@@H](O)C(F)(F)F. The summed E-state index contributed by atoms with van der Waals surface area (Å²) in [5.41, 5.74) is 0. The van der Waals surface area contributed by atoms with Crippen molar-refractivity contribution in [1.82, 2.24) is 0 Å². The van der Waals surface area contributed by atoms with Crippen molar-refractivity contribution in [2.75, 3.05) is 0 Å². The van der Waals surface area contributed by atoms with E-state index in [0.29, 0.717) is 0 Å². The van der Waals surface area contributed by atoms with E-state index in [9.17, 15) is 13.2 Å². The Bertz CT molecular complexity index is 102. The van der Waals surface area contributed by atoms with Crippen molar-refractivity contribution in [2.24, 2.45) is 0 Å². The van der Waals surface area contributed by atoms with Crippen LogP contribution in [-0.4, -0.2) is 22.6 Å². The number of aliphatic hydroxyl groups excluding tert-OH is 1. The van der Waals surface area contributed by atoms with Crippen molar-refractivity contribution >= 4 is 12.6 Å². The van der Waals surface area contributed by atoms with E-state index < -0.39 is 17.5 Å². The molecule has 0 heterocycles. The molecule has 0 aromatic heterocycles. The van der Waals surface area contributed by atoms with Crippen LogP contribution in [0.5, 0.6) is 0 Å². The fraction of sp³-hybridized carbons (Fsp3) is 1.00. The Morgan fingerprint density at radius 1 is 1.50 bits per heavy atom. The Hall–Kier alpha value is 0.100. The van der Waals surface area contributed by atoms with Crippen LogP contribution in [0.25, 0.3) is 0 Å². The first-order chi connectivity index (χ1) is 4.34. The van der Waals surface area contributed by atoms with Gasteiger partial charge in [0.1, 0.15) is 0 Å². The number of alkyl halides is 3. The number of hydrogen-bond acceptors (Lipinski definition) is 2. The summed E-state index contributed by atoms with van der Waals surface area (Å²) in [5.74, 6) is 0. The van der Waals surface area contributed by atoms with E-state index >= 15 is 0 Å². The normalized spacial score (nSPS) is 18.6. The van der Waals surface area contributed by atoms with Crippen molar-refractivity contribution in [3.05, 3.63) is 0 Å². The number of rotatable bonds is 2. The Labute approximate surface area is 62.6 Å². The van der Waals surface area contributed by atoms with E-state index in [1.54, 1.807) is 0 Å². The topological polar surface area (TPSA) is 20.2 Å². The quantitative estimate of drug-likeness (QED) is 0.609. The van der Waals surface area contributed by atoms with Crippen molar-refractivity contribution in [2.45, 2.75) is 30.9 Å². The van der Waals surface area contributed by atoms with Gasteiger partial charge in [-0.3, -0.25) is 0 Å². The van der Waals surface area contributed by atoms with Crippen LogP contribution in [0.3, 0.4) is 0 Å². The first-order valence-electron chi connectivity index (χ1n) is 2.77. The van der Waals surface area contributed by atoms with Crippen LogP contribution >= 0.6 is 12.6 Å². The first-order valence-corrected chi connectivity index (χ1v) is 3.28. The lowest BCUT2D eigenvalue weighted by molar-refractivity contribution is -0.205. The number of aliphatic hydroxyl groups is 1. The Morgan fingerprint density at radius 2 is 1.90 bits per heavy atom. The smallest absolute Gasteiger partial charge is 0.384 e. The van der Waals surface area contributed by atoms with Crippen LogP contribution in [0.4, 0.5) is 13.2 Å². The van der Waals surface area contributed by atoms with Crippen molar-refractivity contribution in [3.8, 4) is 0 Å². The Balaban J connectivity index is 3.73. The molecule has 1 unspecified atom stereocenters. The van der Waals surface area contributed by atoms with E-state index in [4.69, 9.17) is 5.11 Å². The van der Waals surface area contributed by atoms with Gasteiger partial charge in [0.05, 0.1) is 0 Å². The molecule has 0 aromatic carbocycles. The van der Waals surface area contributed by atoms with Crippen LogP contribution in [0.15, 0.2) is 0 Å². The van der Waals surface area contributed by atoms with Crippen LogP contribution in [0, 0.1) is 0 Å². The monoisotopic (exact) mass is 174 g/mol. The average Bonchev–Trinajstić information content (AvgIpc) is 1.60. The second-order valence-corrected chi connectivity index (χ2v) is 3.02. The van der Waals surface area contributed by atoms with Crippen molar-refractivity contribution in [1.29, 1.82) is 0 Å². The molecule has 0 aliphatic heterocycles. The maximum atomic E-state index is 11.5. The second kappa shape index (κ2) is 3.48. The molecule has 0 rings (SSSR count). The van der Waals surface area contributed by atoms with Gasteiger partial charge in [-0.05, 0) is 6.42 Å². The molecule has 0 aliphatic rings. The number of halogens is 3. The van der Waals surface area contributed by atoms with Gasteiger partial charge in [-0.1, -0.05) is 6.92 Å². The lowest BCUT2D eigenvalue weighted by Gasteiger charge is -2.15. The number of thiol groups is 1. The average molecular weight is 174 g/mol. The van der Waals surface area contributed by atoms with Gasteiger partial charge in [-0.25, -0.2) is 0 Å². The van der Waals surface area contributed by atoms with E-state index in [2.05, 4.69) is 12.6 Å². The molecule has 5 heteroatoms. The molecule has 0 saturated heterocycles. The molecular formula is C5H9F3OS. The summed E-state index contributed by atoms with van der Waals surface area (Å²) in [6.45, 7) is 1.50. The van der Waals surface area contributed by atoms with Gasteiger partial charge >= 0.3 is 6.18 Å². The molecule has 0 aromatic rings. The summed E-state index contributed by atoms with van der Waals surface area (Å²) in [4.78, 5) is 0. The molecule has 10 heavy (non-hydrogen) atoms. The van der Waals surface area contributed by atoms with Gasteiger partial charge < -0.3 is 5.11 Å². The fourth-order valence-corrected chi connectivity index (χ4v) is 0.656. The van der Waals surface area contributed by atoms with Crippen molar-refractivity contribution < 1.29 is 18.3 Å². The third-order valence-electron chi connectivity index (χ3n) is 0.942. The van der Waals surface area contributed by atoms with E-state index in [1.165, 1.54) is 6.92 Å². The van der Waals surface area contributed by atoms with Crippen LogP contribution < -0.4 is 0 Å². The third-order valence-corrected chi connectivity index (χ3v) is 1.15. The van der Waals surface area contributed by atoms with E-state index in [1.807, 2.05) is 0 Å². The lowest BCUT2D eigenvalue weighted by Crippen LogP contribution is -2.30. The van der Waals surface area contributed by atoms with E-state index in [0.717, 1.165) is 0 Å². The maximum Gasteiger partial charge on any atom is 0.414 e. The Morgan fingerprint density at radius 3 is 2.00 bits per heavy atom. The van der Waals surface area contributed by atoms with Gasteiger partial charge in [-0.15, -0.1) is 0 Å². The van der Waals surface area contributed by atoms with Gasteiger partial charge in [0.25, 0.3) is 0 Å². The zero-order valence-electron chi connectivity index (χ0n) is 5.39. The molecule has 0 fully saturated rings. The molecule has 0 aliphatic carbocycles. The number of hydrogen-bond donors (Lipinski definition) is 2. The summed E-state index contributed by atoms with van der Waals surface area (Å²) < 4.78 is 34.6. The molecule has 0 spiro atoms. The summed E-state index contributed by atoms with van der Waals surface area (Å²) in [5, 5.41) is 7.95. The highest BCUT2D eigenvalue weighted by Crippen LogP contribution is 2.24. The Kier molecular flexibility index (Phi) is 3.51. The molecule has 0 radical (unpaired) electrons. The minimum Gasteiger partial charge on any atom is -0.384 e. The zero-order valence-corrected chi connectivity index (χ0v) is 6.28. The molecule has 0 bridgehead atoms. The molecule has 1 nitrogen and oxygen atoms in total. The van der Waals surface area contributed by atoms with Crippen LogP contribution in [0.2, 0.25) is 0 Å². The lowest BCUT2D eigenvalue weighted by atomic mass is 10.2. The highest BCUT2D eigenvalue weighted by atomic mass is 32.1. The van der Waals surface area contributed by atoms with Gasteiger partial charge in [0.2, 0.25) is 0 Å². The van der Waals surface area contributed by atoms with Gasteiger partial charge in [0, 0.05) is 5.25 Å². The van der Waals surface area contributed by atoms with Gasteiger partial charge in [-0.2, -0.15) is 25.8 Å². The summed E-state index contributed by atoms with van der Waals surface area (Å²) in [6, 6.07) is 0. The molecule has 0 amide bonds. The summed E-state index contributed by atoms with van der Waals surface area (Å²) >= 11 is 3.71. The zero-order chi connectivity index (χ0) is 8.36. The predicted octanol–water partition coefficient (Wildman–Crippen LogP) is 1.62. The van der Waals surface area contributed by atoms with Crippen LogP contribution in [-0.2, 0) is 0 Å². The standard InChI is InChI=1S/C5H9F3OS/c1-3(10)2-4(9)5(6,7)8/h3-4,9-10H,2H2,1H3/t3?,4-/m1/s1. The minimum atomic E-state index is -4.50. The maximum absolute atomic E-state index is 11.5. The van der Waals surface area contributed by atoms with Crippen LogP contribution in [0.1, 0.15) is 13.3 Å². The second-order valence-electron chi connectivity index (χ2n) is 2.14. The summed E-state index contributed by atoms with van der Waals surface area (Å²) in [6.07, 6.45) is -7.09. The highest BCUT2D eigenvalue weighted by molar-refractivity contribution is 7.80. The largest absolute Gasteiger partial charge is 0.414 e. The fourth-order valence-electron chi connectivity index (χ4n) is 0.457.